The van der Waals surface area contributed by atoms with Crippen LogP contribution in [0.2, 0.25) is 0 Å². The van der Waals surface area contributed by atoms with Gasteiger partial charge in [0.05, 0.1) is 6.33 Å². The number of benzene rings is 1. The first-order chi connectivity index (χ1) is 17.9. The van der Waals surface area contributed by atoms with E-state index in [4.69, 9.17) is 5.73 Å². The Labute approximate surface area is 219 Å². The van der Waals surface area contributed by atoms with Gasteiger partial charge in [-0.1, -0.05) is 56.4 Å². The number of likely N-dealkylation sites (N-methyl/N-ethyl adjacent to an activating group) is 1. The Balaban J connectivity index is 1.50. The molecule has 2 aliphatic rings. The Kier molecular flexibility index (Phi) is 8.97. The number of nitrogens with zero attached hydrogens (tertiary/aromatic N) is 2. The molecule has 3 amide bonds. The molecular formula is C28H40N6O3. The first-order valence-electron chi connectivity index (χ1n) is 13.5. The van der Waals surface area contributed by atoms with E-state index in [1.54, 1.807) is 24.5 Å². The first kappa shape index (κ1) is 26.9. The third-order valence-electron chi connectivity index (χ3n) is 8.11. The molecule has 1 aliphatic heterocycles. The number of nitrogens with two attached hydrogens (primary N) is 1. The van der Waals surface area contributed by atoms with Gasteiger partial charge in [0.1, 0.15) is 12.1 Å². The number of imidazole rings is 1. The molecule has 0 bridgehead atoms. The van der Waals surface area contributed by atoms with Gasteiger partial charge >= 0.3 is 0 Å². The Morgan fingerprint density at radius 3 is 2.59 bits per heavy atom. The zero-order valence-corrected chi connectivity index (χ0v) is 21.9. The van der Waals surface area contributed by atoms with Gasteiger partial charge in [-0.3, -0.25) is 14.4 Å². The van der Waals surface area contributed by atoms with Crippen LogP contribution in [0.3, 0.4) is 0 Å². The van der Waals surface area contributed by atoms with Crippen molar-refractivity contribution in [3.05, 3.63) is 53.6 Å². The fourth-order valence-electron chi connectivity index (χ4n) is 6.03. The Hall–Kier alpha value is -3.20. The molecule has 1 unspecified atom stereocenters. The summed E-state index contributed by atoms with van der Waals surface area (Å²) in [6, 6.07) is 6.01. The number of hydrogen-bond acceptors (Lipinski definition) is 5. The van der Waals surface area contributed by atoms with Crippen LogP contribution in [0.25, 0.3) is 0 Å². The van der Waals surface area contributed by atoms with E-state index in [0.29, 0.717) is 18.9 Å². The standard InChI is InChI=1S/C28H40N6O3/c1-18-8-6-7-11-22(18)23(29)14-26(35)34-16-20(19-9-4-3-5-10-19)12-25(34)28(37)33-24(27(36)30-2)13-21-15-31-17-32-21/h6-8,11,15,17,19-20,23-25H,3-5,9-10,12-14,16,29H2,1-2H3,(H,30,36)(H,31,32)(H,33,37)/t20?,23-,24-,25-/m0/s1. The Bertz CT molecular complexity index is 1070. The van der Waals surface area contributed by atoms with Crippen LogP contribution < -0.4 is 16.4 Å². The van der Waals surface area contributed by atoms with Gasteiger partial charge in [0, 0.05) is 44.4 Å². The van der Waals surface area contributed by atoms with Gasteiger partial charge in [0.25, 0.3) is 0 Å². The Morgan fingerprint density at radius 2 is 1.92 bits per heavy atom. The largest absolute Gasteiger partial charge is 0.357 e. The van der Waals surface area contributed by atoms with Gasteiger partial charge in [-0.2, -0.15) is 0 Å². The van der Waals surface area contributed by atoms with E-state index in [1.807, 2.05) is 31.2 Å². The van der Waals surface area contributed by atoms with Crippen molar-refractivity contribution in [2.45, 2.75) is 76.4 Å². The molecular weight excluding hydrogens is 468 g/mol. The third-order valence-corrected chi connectivity index (χ3v) is 8.11. The maximum atomic E-state index is 13.6. The highest BCUT2D eigenvalue weighted by Gasteiger charge is 2.43. The number of hydrogen-bond donors (Lipinski definition) is 4. The minimum Gasteiger partial charge on any atom is -0.357 e. The highest BCUT2D eigenvalue weighted by Crippen LogP contribution is 2.38. The zero-order valence-electron chi connectivity index (χ0n) is 21.9. The molecule has 4 rings (SSSR count). The average molecular weight is 509 g/mol. The van der Waals surface area contributed by atoms with Crippen molar-refractivity contribution >= 4 is 17.7 Å². The number of aromatic amines is 1. The second-order valence-corrected chi connectivity index (χ2v) is 10.6. The smallest absolute Gasteiger partial charge is 0.243 e. The van der Waals surface area contributed by atoms with Gasteiger partial charge in [0.2, 0.25) is 17.7 Å². The molecule has 5 N–H and O–H groups in total. The molecule has 1 aliphatic carbocycles. The molecule has 4 atom stereocenters. The van der Waals surface area contributed by atoms with Gasteiger partial charge in [-0.05, 0) is 36.3 Å². The topological polar surface area (TPSA) is 133 Å². The van der Waals surface area contributed by atoms with E-state index in [9.17, 15) is 14.4 Å². The van der Waals surface area contributed by atoms with Crippen LogP contribution in [0.5, 0.6) is 0 Å². The summed E-state index contributed by atoms with van der Waals surface area (Å²) in [6.07, 6.45) is 10.2. The molecule has 0 spiro atoms. The summed E-state index contributed by atoms with van der Waals surface area (Å²) in [4.78, 5) is 48.5. The fraction of sp³-hybridized carbons (Fsp3) is 0.571. The summed E-state index contributed by atoms with van der Waals surface area (Å²) >= 11 is 0. The summed E-state index contributed by atoms with van der Waals surface area (Å²) < 4.78 is 0. The molecule has 0 radical (unpaired) electrons. The molecule has 9 nitrogen and oxygen atoms in total. The number of nitrogens with one attached hydrogen (secondary N) is 3. The summed E-state index contributed by atoms with van der Waals surface area (Å²) in [5.74, 6) is 0.111. The van der Waals surface area contributed by atoms with Crippen LogP contribution in [0.1, 0.15) is 67.8 Å². The number of carbonyl (C=O) groups excluding carboxylic acids is 3. The molecule has 200 valence electrons. The third kappa shape index (κ3) is 6.57. The highest BCUT2D eigenvalue weighted by atomic mass is 16.2. The maximum absolute atomic E-state index is 13.6. The predicted molar refractivity (Wildman–Crippen MR) is 141 cm³/mol. The Morgan fingerprint density at radius 1 is 1.16 bits per heavy atom. The normalized spacial score (nSPS) is 21.9. The zero-order chi connectivity index (χ0) is 26.4. The molecule has 1 aromatic carbocycles. The molecule has 1 saturated carbocycles. The van der Waals surface area contributed by atoms with E-state index < -0.39 is 18.1 Å². The lowest BCUT2D eigenvalue weighted by atomic mass is 9.79. The van der Waals surface area contributed by atoms with E-state index in [0.717, 1.165) is 29.7 Å². The summed E-state index contributed by atoms with van der Waals surface area (Å²) in [5.41, 5.74) is 9.21. The highest BCUT2D eigenvalue weighted by molar-refractivity contribution is 5.92. The van der Waals surface area contributed by atoms with Crippen molar-refractivity contribution < 1.29 is 14.4 Å². The average Bonchev–Trinajstić information content (AvgIpc) is 3.59. The predicted octanol–water partition coefficient (Wildman–Crippen LogP) is 2.38. The fourth-order valence-corrected chi connectivity index (χ4v) is 6.03. The molecule has 2 heterocycles. The molecule has 1 saturated heterocycles. The number of amides is 3. The molecule has 9 heteroatoms. The van der Waals surface area contributed by atoms with E-state index >= 15 is 0 Å². The van der Waals surface area contributed by atoms with Gasteiger partial charge in [0.15, 0.2) is 0 Å². The van der Waals surface area contributed by atoms with Gasteiger partial charge < -0.3 is 26.3 Å². The quantitative estimate of drug-likeness (QED) is 0.413. The van der Waals surface area contributed by atoms with Crippen LogP contribution >= 0.6 is 0 Å². The van der Waals surface area contributed by atoms with Crippen LogP contribution in [0.4, 0.5) is 0 Å². The maximum Gasteiger partial charge on any atom is 0.243 e. The summed E-state index contributed by atoms with van der Waals surface area (Å²) in [7, 11) is 1.55. The monoisotopic (exact) mass is 508 g/mol. The number of likely N-dealkylation sites (tertiary alicyclic amines) is 1. The van der Waals surface area contributed by atoms with Crippen LogP contribution in [0, 0.1) is 18.8 Å². The van der Waals surface area contributed by atoms with Crippen molar-refractivity contribution in [2.24, 2.45) is 17.6 Å². The molecule has 1 aromatic heterocycles. The van der Waals surface area contributed by atoms with Crippen molar-refractivity contribution in [2.75, 3.05) is 13.6 Å². The molecule has 2 aromatic rings. The van der Waals surface area contributed by atoms with E-state index in [1.165, 1.54) is 19.3 Å². The number of aromatic nitrogens is 2. The second kappa shape index (κ2) is 12.4. The van der Waals surface area contributed by atoms with Crippen molar-refractivity contribution in [3.63, 3.8) is 0 Å². The number of rotatable bonds is 9. The number of carbonyl (C=O) groups is 3. The second-order valence-electron chi connectivity index (χ2n) is 10.6. The van der Waals surface area contributed by atoms with Crippen molar-refractivity contribution in [1.82, 2.24) is 25.5 Å². The molecule has 37 heavy (non-hydrogen) atoms. The van der Waals surface area contributed by atoms with Crippen LogP contribution in [-0.4, -0.2) is 58.3 Å². The van der Waals surface area contributed by atoms with E-state index in [-0.39, 0.29) is 36.5 Å². The van der Waals surface area contributed by atoms with Crippen molar-refractivity contribution in [3.8, 4) is 0 Å². The SMILES string of the molecule is CNC(=O)[C@H](Cc1cnc[nH]1)NC(=O)[C@@H]1CC(C2CCCCC2)CN1C(=O)C[C@H](N)c1ccccc1C. The van der Waals surface area contributed by atoms with Gasteiger partial charge in [-0.25, -0.2) is 4.98 Å². The molecule has 2 fully saturated rings. The summed E-state index contributed by atoms with van der Waals surface area (Å²) in [6.45, 7) is 2.55. The van der Waals surface area contributed by atoms with Crippen LogP contribution in [-0.2, 0) is 20.8 Å². The number of H-pyrrole nitrogens is 1. The first-order valence-corrected chi connectivity index (χ1v) is 13.5. The minimum atomic E-state index is -0.766. The minimum absolute atomic E-state index is 0.112. The lowest BCUT2D eigenvalue weighted by molar-refractivity contribution is -0.139. The van der Waals surface area contributed by atoms with E-state index in [2.05, 4.69) is 20.6 Å². The summed E-state index contributed by atoms with van der Waals surface area (Å²) in [5, 5.41) is 5.56. The number of aryl methyl sites for hydroxylation is 1. The van der Waals surface area contributed by atoms with Crippen LogP contribution in [0.15, 0.2) is 36.8 Å². The lowest BCUT2D eigenvalue weighted by Gasteiger charge is -2.28. The van der Waals surface area contributed by atoms with Gasteiger partial charge in [-0.15, -0.1) is 0 Å². The van der Waals surface area contributed by atoms with Crippen molar-refractivity contribution in [1.29, 1.82) is 0 Å². The lowest BCUT2D eigenvalue weighted by Crippen LogP contribution is -2.53.